The van der Waals surface area contributed by atoms with Crippen LogP contribution in [0.3, 0.4) is 0 Å². The van der Waals surface area contributed by atoms with Gasteiger partial charge in [-0.1, -0.05) is 30.3 Å². The molecule has 0 aliphatic carbocycles. The fraction of sp³-hybridized carbons (Fsp3) is 0.0588. The van der Waals surface area contributed by atoms with Gasteiger partial charge in [-0.15, -0.1) is 11.3 Å². The fourth-order valence-electron chi connectivity index (χ4n) is 2.27. The summed E-state index contributed by atoms with van der Waals surface area (Å²) in [6, 6.07) is 16.0. The van der Waals surface area contributed by atoms with Crippen LogP contribution in [0.25, 0.3) is 21.7 Å². The third-order valence-corrected chi connectivity index (χ3v) is 4.39. The van der Waals surface area contributed by atoms with Crippen LogP contribution in [0.15, 0.2) is 47.8 Å². The van der Waals surface area contributed by atoms with Gasteiger partial charge in [0, 0.05) is 16.0 Å². The summed E-state index contributed by atoms with van der Waals surface area (Å²) in [5, 5.41) is 11.4. The number of benzene rings is 1. The van der Waals surface area contributed by atoms with E-state index in [-0.39, 0.29) is 5.82 Å². The molecule has 21 heavy (non-hydrogen) atoms. The molecule has 0 spiro atoms. The summed E-state index contributed by atoms with van der Waals surface area (Å²) in [7, 11) is 0. The summed E-state index contributed by atoms with van der Waals surface area (Å²) in [6.07, 6.45) is 0. The van der Waals surface area contributed by atoms with Crippen LogP contribution in [0.2, 0.25) is 0 Å². The van der Waals surface area contributed by atoms with Crippen molar-refractivity contribution in [3.8, 4) is 27.8 Å². The highest BCUT2D eigenvalue weighted by molar-refractivity contribution is 7.13. The van der Waals surface area contributed by atoms with Gasteiger partial charge in [-0.2, -0.15) is 5.26 Å². The minimum absolute atomic E-state index is 0.279. The predicted molar refractivity (Wildman–Crippen MR) is 86.9 cm³/mol. The zero-order valence-corrected chi connectivity index (χ0v) is 12.3. The molecule has 0 saturated heterocycles. The Morgan fingerprint density at radius 1 is 1.19 bits per heavy atom. The van der Waals surface area contributed by atoms with Crippen LogP contribution < -0.4 is 5.73 Å². The molecule has 2 N–H and O–H groups in total. The van der Waals surface area contributed by atoms with E-state index in [1.165, 1.54) is 0 Å². The molecule has 102 valence electrons. The number of thiophene rings is 1. The highest BCUT2D eigenvalue weighted by atomic mass is 32.1. The Morgan fingerprint density at radius 2 is 1.95 bits per heavy atom. The second-order valence-corrected chi connectivity index (χ2v) is 5.64. The molecule has 0 atom stereocenters. The van der Waals surface area contributed by atoms with E-state index < -0.39 is 0 Å². The molecule has 0 radical (unpaired) electrons. The first-order chi connectivity index (χ1) is 10.2. The smallest absolute Gasteiger partial charge is 0.142 e. The lowest BCUT2D eigenvalue weighted by Crippen LogP contribution is -1.99. The summed E-state index contributed by atoms with van der Waals surface area (Å²) in [4.78, 5) is 5.44. The number of nitrogens with two attached hydrogens (primary N) is 1. The summed E-state index contributed by atoms with van der Waals surface area (Å²) in [6.45, 7) is 2.03. The monoisotopic (exact) mass is 291 g/mol. The number of nitrogens with zero attached hydrogens (tertiary/aromatic N) is 2. The molecular weight excluding hydrogens is 278 g/mol. The van der Waals surface area contributed by atoms with Crippen LogP contribution in [0.5, 0.6) is 0 Å². The Labute approximate surface area is 127 Å². The van der Waals surface area contributed by atoms with Gasteiger partial charge in [-0.05, 0) is 30.0 Å². The highest BCUT2D eigenvalue weighted by Gasteiger charge is 2.15. The third-order valence-electron chi connectivity index (χ3n) is 3.34. The van der Waals surface area contributed by atoms with Crippen LogP contribution in [-0.2, 0) is 0 Å². The molecule has 1 aromatic carbocycles. The van der Waals surface area contributed by atoms with Gasteiger partial charge in [0.15, 0.2) is 0 Å². The van der Waals surface area contributed by atoms with E-state index in [9.17, 15) is 5.26 Å². The number of hydrogen-bond acceptors (Lipinski definition) is 4. The molecule has 0 aliphatic rings. The number of hydrogen-bond donors (Lipinski definition) is 1. The maximum atomic E-state index is 9.39. The van der Waals surface area contributed by atoms with Crippen LogP contribution in [0.1, 0.15) is 11.1 Å². The Balaban J connectivity index is 2.26. The minimum atomic E-state index is 0.279. The molecule has 2 heterocycles. The molecule has 0 unspecified atom stereocenters. The Kier molecular flexibility index (Phi) is 3.43. The topological polar surface area (TPSA) is 62.7 Å². The van der Waals surface area contributed by atoms with Gasteiger partial charge in [0.25, 0.3) is 0 Å². The zero-order valence-electron chi connectivity index (χ0n) is 11.5. The molecule has 2 aromatic heterocycles. The molecule has 0 amide bonds. The number of aromatic nitrogens is 1. The van der Waals surface area contributed by atoms with Crippen molar-refractivity contribution < 1.29 is 0 Å². The SMILES string of the molecule is Cc1ccsc1-c1cc(-c2ccccc2)nc(N)c1C#N. The van der Waals surface area contributed by atoms with Crippen LogP contribution in [0, 0.1) is 18.3 Å². The normalized spacial score (nSPS) is 10.3. The second kappa shape index (κ2) is 5.39. The minimum Gasteiger partial charge on any atom is -0.383 e. The number of nitrogen functional groups attached to an aromatic ring is 1. The average Bonchev–Trinajstić information content (AvgIpc) is 2.93. The van der Waals surface area contributed by atoms with Crippen LogP contribution in [0.4, 0.5) is 5.82 Å². The van der Waals surface area contributed by atoms with Crippen molar-refractivity contribution in [2.75, 3.05) is 5.73 Å². The van der Waals surface area contributed by atoms with Crippen LogP contribution >= 0.6 is 11.3 Å². The van der Waals surface area contributed by atoms with Crippen molar-refractivity contribution in [1.29, 1.82) is 5.26 Å². The van der Waals surface area contributed by atoms with Gasteiger partial charge in [0.2, 0.25) is 0 Å². The van der Waals surface area contributed by atoms with Crippen molar-refractivity contribution in [3.63, 3.8) is 0 Å². The first kappa shape index (κ1) is 13.3. The van der Waals surface area contributed by atoms with Gasteiger partial charge < -0.3 is 5.73 Å². The van der Waals surface area contributed by atoms with Crippen molar-refractivity contribution in [3.05, 3.63) is 59.0 Å². The van der Waals surface area contributed by atoms with Gasteiger partial charge in [0.1, 0.15) is 17.5 Å². The third kappa shape index (κ3) is 2.39. The molecule has 3 nitrogen and oxygen atoms in total. The summed E-state index contributed by atoms with van der Waals surface area (Å²) >= 11 is 1.61. The van der Waals surface area contributed by atoms with Crippen molar-refractivity contribution in [2.24, 2.45) is 0 Å². The van der Waals surface area contributed by atoms with Crippen LogP contribution in [-0.4, -0.2) is 4.98 Å². The number of aryl methyl sites for hydroxylation is 1. The van der Waals surface area contributed by atoms with E-state index in [0.29, 0.717) is 5.56 Å². The van der Waals surface area contributed by atoms with E-state index in [1.807, 2.05) is 54.8 Å². The zero-order chi connectivity index (χ0) is 14.8. The molecule has 3 aromatic rings. The van der Waals surface area contributed by atoms with Gasteiger partial charge >= 0.3 is 0 Å². The van der Waals surface area contributed by atoms with Crippen molar-refractivity contribution >= 4 is 17.2 Å². The Bertz CT molecular complexity index is 829. The Morgan fingerprint density at radius 3 is 2.57 bits per heavy atom. The summed E-state index contributed by atoms with van der Waals surface area (Å²) in [5.74, 6) is 0.279. The van der Waals surface area contributed by atoms with Gasteiger partial charge in [-0.25, -0.2) is 4.98 Å². The summed E-state index contributed by atoms with van der Waals surface area (Å²) in [5.41, 5.74) is 10.2. The van der Waals surface area contributed by atoms with Crippen molar-refractivity contribution in [2.45, 2.75) is 6.92 Å². The number of nitriles is 1. The highest BCUT2D eigenvalue weighted by Crippen LogP contribution is 2.35. The second-order valence-electron chi connectivity index (χ2n) is 4.73. The maximum absolute atomic E-state index is 9.39. The van der Waals surface area contributed by atoms with E-state index in [1.54, 1.807) is 11.3 Å². The first-order valence-electron chi connectivity index (χ1n) is 6.51. The number of pyridine rings is 1. The quantitative estimate of drug-likeness (QED) is 0.768. The van der Waals surface area contributed by atoms with E-state index in [0.717, 1.165) is 27.3 Å². The van der Waals surface area contributed by atoms with Crippen molar-refractivity contribution in [1.82, 2.24) is 4.98 Å². The molecule has 0 saturated carbocycles. The average molecular weight is 291 g/mol. The molecule has 4 heteroatoms. The first-order valence-corrected chi connectivity index (χ1v) is 7.39. The Hall–Kier alpha value is -2.64. The fourth-order valence-corrected chi connectivity index (χ4v) is 3.22. The molecular formula is C17H13N3S. The lowest BCUT2D eigenvalue weighted by Gasteiger charge is -2.09. The van der Waals surface area contributed by atoms with Gasteiger partial charge in [-0.3, -0.25) is 0 Å². The molecule has 0 aliphatic heterocycles. The lowest BCUT2D eigenvalue weighted by molar-refractivity contribution is 1.31. The standard InChI is InChI=1S/C17H13N3S/c1-11-7-8-21-16(11)13-9-15(12-5-3-2-4-6-12)20-17(19)14(13)10-18/h2-9H,1H3,(H2,19,20). The lowest BCUT2D eigenvalue weighted by atomic mass is 10.0. The largest absolute Gasteiger partial charge is 0.383 e. The number of rotatable bonds is 2. The molecule has 0 bridgehead atoms. The number of anilines is 1. The van der Waals surface area contributed by atoms with Gasteiger partial charge in [0.05, 0.1) is 5.69 Å². The van der Waals surface area contributed by atoms with E-state index in [4.69, 9.17) is 5.73 Å². The predicted octanol–water partition coefficient (Wildman–Crippen LogP) is 4.24. The molecule has 3 rings (SSSR count). The molecule has 0 fully saturated rings. The maximum Gasteiger partial charge on any atom is 0.142 e. The van der Waals surface area contributed by atoms with E-state index in [2.05, 4.69) is 11.1 Å². The summed E-state index contributed by atoms with van der Waals surface area (Å²) < 4.78 is 0. The van der Waals surface area contributed by atoms with E-state index >= 15 is 0 Å².